The summed E-state index contributed by atoms with van der Waals surface area (Å²) in [6.45, 7) is 4.08. The highest BCUT2D eigenvalue weighted by Crippen LogP contribution is 2.38. The molecule has 2 unspecified atom stereocenters. The highest BCUT2D eigenvalue weighted by Gasteiger charge is 2.22. The number of quaternary nitrogens is 1. The molecule has 0 saturated carbocycles. The van der Waals surface area contributed by atoms with Crippen LogP contribution in [-0.2, 0) is 32.7 Å². The monoisotopic (exact) mass is 1160 g/mol. The SMILES string of the molecule is CC/C=C\C/C=C\C/C=C\C/C=C\C/C=C\C/C=C\C/C=C\CCCCCC(=O)OC(COC(=O)CCCCCCCCCCCCCCCCCCCC/C=C\C/C=C\C/C=C\CCCCCCC)COP(=O)([O-])OCC[N+](C)(C)C. The maximum atomic E-state index is 12.8. The van der Waals surface area contributed by atoms with Crippen molar-refractivity contribution in [3.63, 3.8) is 0 Å². The lowest BCUT2D eigenvalue weighted by Crippen LogP contribution is -2.37. The number of unbranched alkanes of at least 4 members (excludes halogenated alkanes) is 26. The number of rotatable bonds is 60. The summed E-state index contributed by atoms with van der Waals surface area (Å²) in [7, 11) is 1.13. The molecule has 0 fully saturated rings. The molecular formula is C72H124NO8P. The second-order valence-corrected chi connectivity index (χ2v) is 24.5. The molecule has 0 rings (SSSR count). The molecule has 9 nitrogen and oxygen atoms in total. The van der Waals surface area contributed by atoms with E-state index in [4.69, 9.17) is 18.5 Å². The number of ether oxygens (including phenoxy) is 2. The first-order valence-corrected chi connectivity index (χ1v) is 34.7. The van der Waals surface area contributed by atoms with Gasteiger partial charge in [-0.3, -0.25) is 14.2 Å². The van der Waals surface area contributed by atoms with Crippen LogP contribution in [0.5, 0.6) is 0 Å². The van der Waals surface area contributed by atoms with Gasteiger partial charge in [-0.1, -0.05) is 270 Å². The van der Waals surface area contributed by atoms with Crippen LogP contribution in [-0.4, -0.2) is 70.0 Å². The van der Waals surface area contributed by atoms with Gasteiger partial charge in [-0.2, -0.15) is 0 Å². The van der Waals surface area contributed by atoms with Crippen LogP contribution in [0.2, 0.25) is 0 Å². The molecule has 2 atom stereocenters. The van der Waals surface area contributed by atoms with Crippen LogP contribution in [0.4, 0.5) is 0 Å². The minimum Gasteiger partial charge on any atom is -0.756 e. The third-order valence-electron chi connectivity index (χ3n) is 14.0. The van der Waals surface area contributed by atoms with Crippen molar-refractivity contribution in [3.05, 3.63) is 122 Å². The number of phosphoric ester groups is 1. The number of hydrogen-bond donors (Lipinski definition) is 0. The van der Waals surface area contributed by atoms with Crippen molar-refractivity contribution in [1.29, 1.82) is 0 Å². The topological polar surface area (TPSA) is 111 Å². The molecule has 0 aromatic rings. The van der Waals surface area contributed by atoms with Gasteiger partial charge in [0.25, 0.3) is 7.82 Å². The van der Waals surface area contributed by atoms with E-state index in [1.54, 1.807) is 0 Å². The van der Waals surface area contributed by atoms with Crippen LogP contribution >= 0.6 is 7.82 Å². The van der Waals surface area contributed by atoms with E-state index >= 15 is 0 Å². The van der Waals surface area contributed by atoms with Crippen LogP contribution in [0.1, 0.15) is 271 Å². The summed E-state index contributed by atoms with van der Waals surface area (Å²) in [5, 5.41) is 0. The van der Waals surface area contributed by atoms with Gasteiger partial charge in [0.1, 0.15) is 19.8 Å². The van der Waals surface area contributed by atoms with Gasteiger partial charge in [0.15, 0.2) is 6.10 Å². The number of carbonyl (C=O) groups is 2. The molecule has 470 valence electrons. The Kier molecular flexibility index (Phi) is 59.2. The Morgan fingerprint density at radius 1 is 0.390 bits per heavy atom. The zero-order valence-electron chi connectivity index (χ0n) is 53.4. The zero-order valence-corrected chi connectivity index (χ0v) is 54.3. The molecule has 0 bridgehead atoms. The van der Waals surface area contributed by atoms with E-state index in [1.165, 1.54) is 141 Å². The van der Waals surface area contributed by atoms with Crippen LogP contribution in [0.15, 0.2) is 122 Å². The summed E-state index contributed by atoms with van der Waals surface area (Å²) in [5.74, 6) is -0.873. The van der Waals surface area contributed by atoms with Gasteiger partial charge in [0.05, 0.1) is 27.7 Å². The molecule has 0 heterocycles. The number of carbonyl (C=O) groups excluding carboxylic acids is 2. The first-order valence-electron chi connectivity index (χ1n) is 33.2. The molecule has 0 amide bonds. The molecule has 0 aliphatic heterocycles. The molecule has 0 aliphatic rings. The molecule has 82 heavy (non-hydrogen) atoms. The third-order valence-corrected chi connectivity index (χ3v) is 14.9. The largest absolute Gasteiger partial charge is 0.756 e. The van der Waals surface area contributed by atoms with Gasteiger partial charge >= 0.3 is 11.9 Å². The van der Waals surface area contributed by atoms with Gasteiger partial charge in [0, 0.05) is 12.8 Å². The van der Waals surface area contributed by atoms with E-state index in [0.29, 0.717) is 17.4 Å². The Bertz CT molecular complexity index is 1800. The molecule has 0 N–H and O–H groups in total. The third kappa shape index (κ3) is 65.6. The van der Waals surface area contributed by atoms with Crippen molar-refractivity contribution in [2.24, 2.45) is 0 Å². The Balaban J connectivity index is 4.13. The Hall–Kier alpha value is -3.59. The fourth-order valence-electron chi connectivity index (χ4n) is 8.88. The lowest BCUT2D eigenvalue weighted by atomic mass is 10.0. The zero-order chi connectivity index (χ0) is 59.8. The van der Waals surface area contributed by atoms with Gasteiger partial charge in [0.2, 0.25) is 0 Å². The Morgan fingerprint density at radius 3 is 1.05 bits per heavy atom. The molecule has 0 aromatic carbocycles. The number of esters is 2. The fraction of sp³-hybridized carbons (Fsp3) is 0.694. The van der Waals surface area contributed by atoms with E-state index in [0.717, 1.165) is 96.3 Å². The number of nitrogens with zero attached hydrogens (tertiary/aromatic N) is 1. The highest BCUT2D eigenvalue weighted by molar-refractivity contribution is 7.45. The van der Waals surface area contributed by atoms with Crippen LogP contribution in [0.25, 0.3) is 0 Å². The van der Waals surface area contributed by atoms with Gasteiger partial charge in [-0.25, -0.2) is 0 Å². The van der Waals surface area contributed by atoms with Crippen LogP contribution in [0, 0.1) is 0 Å². The number of phosphoric acid groups is 1. The summed E-state index contributed by atoms with van der Waals surface area (Å²) in [6.07, 6.45) is 88.4. The fourth-order valence-corrected chi connectivity index (χ4v) is 9.61. The van der Waals surface area contributed by atoms with Crippen molar-refractivity contribution in [2.45, 2.75) is 277 Å². The molecule has 0 saturated heterocycles. The molecule has 0 radical (unpaired) electrons. The summed E-state index contributed by atoms with van der Waals surface area (Å²) in [4.78, 5) is 38.0. The highest BCUT2D eigenvalue weighted by atomic mass is 31.2. The molecular weight excluding hydrogens is 1040 g/mol. The molecule has 0 aliphatic carbocycles. The van der Waals surface area contributed by atoms with Gasteiger partial charge in [-0.15, -0.1) is 0 Å². The maximum Gasteiger partial charge on any atom is 0.306 e. The summed E-state index contributed by atoms with van der Waals surface area (Å²) in [6, 6.07) is 0. The van der Waals surface area contributed by atoms with E-state index in [-0.39, 0.29) is 26.1 Å². The number of likely N-dealkylation sites (N-methyl/N-ethyl adjacent to an activating group) is 1. The van der Waals surface area contributed by atoms with Crippen LogP contribution in [0.3, 0.4) is 0 Å². The van der Waals surface area contributed by atoms with Gasteiger partial charge < -0.3 is 27.9 Å². The molecule has 0 aromatic heterocycles. The quantitative estimate of drug-likeness (QED) is 0.0195. The molecule has 0 spiro atoms. The standard InChI is InChI=1S/C72H124NO8P/c1-6-8-10-12-14-16-18-20-22-24-26-28-30-32-33-34-35-36-37-38-39-41-42-44-46-48-50-52-54-56-58-60-62-64-71(74)78-68-70(69-80-82(76,77)79-67-66-73(3,4)5)81-72(75)65-63-61-59-57-55-53-51-49-47-45-43-40-31-29-27-25-23-21-19-17-15-13-11-9-7-2/h9,11,15,17-18,20-21,23-24,26-27,29-30,32,40,43,47,49,53,55,70H,6-8,10,12-14,16,19,22,25,28,31,33-39,41-42,44-46,48,50-52,54,56-69H2,1-5H3/b11-9-,17-15-,20-18-,23-21-,26-24-,29-27-,32-30-,43-40-,49-47-,55-53-. The second-order valence-electron chi connectivity index (χ2n) is 23.1. The average molecular weight is 1160 g/mol. The van der Waals surface area contributed by atoms with Crippen LogP contribution < -0.4 is 4.89 Å². The van der Waals surface area contributed by atoms with E-state index in [2.05, 4.69) is 135 Å². The minimum atomic E-state index is -4.66. The summed E-state index contributed by atoms with van der Waals surface area (Å²) < 4.78 is 34.2. The maximum absolute atomic E-state index is 12.8. The lowest BCUT2D eigenvalue weighted by Gasteiger charge is -2.28. The predicted molar refractivity (Wildman–Crippen MR) is 351 cm³/mol. The Labute approximate surface area is 505 Å². The van der Waals surface area contributed by atoms with Crippen molar-refractivity contribution < 1.29 is 42.1 Å². The average Bonchev–Trinajstić information content (AvgIpc) is 3.46. The predicted octanol–water partition coefficient (Wildman–Crippen LogP) is 20.9. The lowest BCUT2D eigenvalue weighted by molar-refractivity contribution is -0.870. The second kappa shape index (κ2) is 62.0. The first-order chi connectivity index (χ1) is 40.0. The first kappa shape index (κ1) is 78.4. The minimum absolute atomic E-state index is 0.0432. The number of hydrogen-bond acceptors (Lipinski definition) is 8. The van der Waals surface area contributed by atoms with Crippen molar-refractivity contribution in [1.82, 2.24) is 0 Å². The Morgan fingerprint density at radius 2 is 0.695 bits per heavy atom. The molecule has 10 heteroatoms. The smallest absolute Gasteiger partial charge is 0.306 e. The number of allylic oxidation sites excluding steroid dienone is 20. The van der Waals surface area contributed by atoms with Crippen molar-refractivity contribution >= 4 is 19.8 Å². The van der Waals surface area contributed by atoms with Gasteiger partial charge in [-0.05, 0) is 109 Å². The van der Waals surface area contributed by atoms with E-state index in [1.807, 2.05) is 21.1 Å². The van der Waals surface area contributed by atoms with Crippen molar-refractivity contribution in [3.8, 4) is 0 Å². The normalized spacial score (nSPS) is 14.0. The van der Waals surface area contributed by atoms with Crippen molar-refractivity contribution in [2.75, 3.05) is 47.5 Å². The van der Waals surface area contributed by atoms with E-state index in [9.17, 15) is 19.0 Å². The van der Waals surface area contributed by atoms with E-state index < -0.39 is 32.5 Å². The summed E-state index contributed by atoms with van der Waals surface area (Å²) in [5.41, 5.74) is 0. The summed E-state index contributed by atoms with van der Waals surface area (Å²) >= 11 is 0.